The Bertz CT molecular complexity index is 269. The van der Waals surface area contributed by atoms with Gasteiger partial charge in [-0.3, -0.25) is 9.59 Å². The quantitative estimate of drug-likeness (QED) is 0.405. The summed E-state index contributed by atoms with van der Waals surface area (Å²) in [5, 5.41) is 17.5. The van der Waals surface area contributed by atoms with E-state index >= 15 is 0 Å². The van der Waals surface area contributed by atoms with Crippen LogP contribution in [-0.4, -0.2) is 22.2 Å². The number of aliphatic carboxylic acids is 2. The van der Waals surface area contributed by atoms with Crippen molar-refractivity contribution in [1.82, 2.24) is 6.15 Å². The van der Waals surface area contributed by atoms with Gasteiger partial charge in [0.15, 0.2) is 0 Å². The van der Waals surface area contributed by atoms with Crippen molar-refractivity contribution in [3.8, 4) is 0 Å². The van der Waals surface area contributed by atoms with E-state index in [1.54, 1.807) is 0 Å². The molecule has 0 bridgehead atoms. The molecule has 21 heavy (non-hydrogen) atoms. The number of unbranched alkanes of at least 4 members (excludes halogenated alkanes) is 9. The Kier molecular flexibility index (Phi) is 16.2. The second-order valence-electron chi connectivity index (χ2n) is 5.60. The van der Waals surface area contributed by atoms with Crippen LogP contribution in [0.1, 0.15) is 84.0 Å². The van der Waals surface area contributed by atoms with Crippen LogP contribution in [0.3, 0.4) is 0 Å². The van der Waals surface area contributed by atoms with Crippen LogP contribution in [0.25, 0.3) is 0 Å². The number of carboxylic acids is 2. The molecule has 5 nitrogen and oxygen atoms in total. The SMILES string of the molecule is CCCCCCCCCCCCC(CC(=O)O)C(=O)O.N. The van der Waals surface area contributed by atoms with Gasteiger partial charge in [0.05, 0.1) is 12.3 Å². The minimum Gasteiger partial charge on any atom is -0.481 e. The van der Waals surface area contributed by atoms with E-state index in [0.29, 0.717) is 6.42 Å². The number of carboxylic acid groups (broad SMARTS) is 2. The first kappa shape index (κ1) is 22.2. The zero-order chi connectivity index (χ0) is 15.2. The average molecular weight is 303 g/mol. The molecule has 0 amide bonds. The van der Waals surface area contributed by atoms with Gasteiger partial charge in [0.25, 0.3) is 0 Å². The van der Waals surface area contributed by atoms with E-state index in [4.69, 9.17) is 10.2 Å². The summed E-state index contributed by atoms with van der Waals surface area (Å²) in [6, 6.07) is 0. The number of carbonyl (C=O) groups is 2. The second-order valence-corrected chi connectivity index (χ2v) is 5.60. The topological polar surface area (TPSA) is 110 Å². The molecule has 0 aliphatic rings. The highest BCUT2D eigenvalue weighted by atomic mass is 16.4. The first-order chi connectivity index (χ1) is 9.57. The molecule has 5 N–H and O–H groups in total. The van der Waals surface area contributed by atoms with Gasteiger partial charge in [0.1, 0.15) is 0 Å². The molecule has 0 aliphatic carbocycles. The lowest BCUT2D eigenvalue weighted by molar-refractivity contribution is -0.148. The molecular weight excluding hydrogens is 270 g/mol. The summed E-state index contributed by atoms with van der Waals surface area (Å²) < 4.78 is 0. The van der Waals surface area contributed by atoms with Crippen LogP contribution in [0.15, 0.2) is 0 Å². The second kappa shape index (κ2) is 15.3. The van der Waals surface area contributed by atoms with Gasteiger partial charge in [-0.2, -0.15) is 0 Å². The Morgan fingerprint density at radius 2 is 1.24 bits per heavy atom. The highest BCUT2D eigenvalue weighted by Gasteiger charge is 2.19. The number of hydrogen-bond acceptors (Lipinski definition) is 3. The van der Waals surface area contributed by atoms with Gasteiger partial charge in [0, 0.05) is 0 Å². The van der Waals surface area contributed by atoms with Crippen molar-refractivity contribution in [1.29, 1.82) is 0 Å². The van der Waals surface area contributed by atoms with E-state index in [-0.39, 0.29) is 12.6 Å². The third-order valence-electron chi connectivity index (χ3n) is 3.68. The highest BCUT2D eigenvalue weighted by molar-refractivity contribution is 5.77. The minimum atomic E-state index is -1.02. The van der Waals surface area contributed by atoms with Crippen molar-refractivity contribution in [3.63, 3.8) is 0 Å². The fraction of sp³-hybridized carbons (Fsp3) is 0.875. The molecule has 0 aromatic carbocycles. The molecule has 0 aliphatic heterocycles. The van der Waals surface area contributed by atoms with E-state index < -0.39 is 17.9 Å². The Labute approximate surface area is 128 Å². The van der Waals surface area contributed by atoms with Crippen molar-refractivity contribution in [3.05, 3.63) is 0 Å². The lowest BCUT2D eigenvalue weighted by Crippen LogP contribution is -2.17. The summed E-state index contributed by atoms with van der Waals surface area (Å²) in [4.78, 5) is 21.4. The maximum absolute atomic E-state index is 10.9. The van der Waals surface area contributed by atoms with Gasteiger partial charge in [-0.25, -0.2) is 0 Å². The molecule has 1 unspecified atom stereocenters. The van der Waals surface area contributed by atoms with Gasteiger partial charge in [-0.15, -0.1) is 0 Å². The molecule has 0 spiro atoms. The van der Waals surface area contributed by atoms with Gasteiger partial charge in [-0.05, 0) is 6.42 Å². The lowest BCUT2D eigenvalue weighted by Gasteiger charge is -2.09. The lowest BCUT2D eigenvalue weighted by atomic mass is 9.97. The molecule has 1 atom stereocenters. The van der Waals surface area contributed by atoms with E-state index in [0.717, 1.165) is 19.3 Å². The maximum Gasteiger partial charge on any atom is 0.307 e. The van der Waals surface area contributed by atoms with E-state index in [2.05, 4.69) is 6.92 Å². The zero-order valence-corrected chi connectivity index (χ0v) is 13.5. The predicted molar refractivity (Wildman–Crippen MR) is 84.9 cm³/mol. The number of hydrogen-bond donors (Lipinski definition) is 3. The van der Waals surface area contributed by atoms with Crippen molar-refractivity contribution < 1.29 is 19.8 Å². The van der Waals surface area contributed by atoms with E-state index in [1.807, 2.05) is 0 Å². The normalized spacial score (nSPS) is 11.7. The van der Waals surface area contributed by atoms with Crippen molar-refractivity contribution in [2.45, 2.75) is 84.0 Å². The molecular formula is C16H33NO4. The molecule has 0 aromatic rings. The molecule has 0 saturated heterocycles. The fourth-order valence-electron chi connectivity index (χ4n) is 2.40. The van der Waals surface area contributed by atoms with E-state index in [1.165, 1.54) is 44.9 Å². The van der Waals surface area contributed by atoms with Crippen LogP contribution in [0.5, 0.6) is 0 Å². The molecule has 0 aromatic heterocycles. The fourth-order valence-corrected chi connectivity index (χ4v) is 2.40. The summed E-state index contributed by atoms with van der Waals surface area (Å²) in [6.45, 7) is 2.22. The van der Waals surface area contributed by atoms with E-state index in [9.17, 15) is 9.59 Å². The van der Waals surface area contributed by atoms with Crippen LogP contribution in [0.4, 0.5) is 0 Å². The molecule has 5 heteroatoms. The molecule has 0 heterocycles. The predicted octanol–water partition coefficient (Wildman–Crippen LogP) is 4.63. The van der Waals surface area contributed by atoms with Crippen LogP contribution in [0.2, 0.25) is 0 Å². The average Bonchev–Trinajstić information content (AvgIpc) is 2.39. The number of rotatable bonds is 14. The van der Waals surface area contributed by atoms with Crippen LogP contribution >= 0.6 is 0 Å². The molecule has 126 valence electrons. The third-order valence-corrected chi connectivity index (χ3v) is 3.68. The maximum atomic E-state index is 10.9. The van der Waals surface area contributed by atoms with Crippen molar-refractivity contribution in [2.75, 3.05) is 0 Å². The van der Waals surface area contributed by atoms with Crippen LogP contribution < -0.4 is 6.15 Å². The molecule has 0 rings (SSSR count). The molecule has 0 fully saturated rings. The Morgan fingerprint density at radius 3 is 1.62 bits per heavy atom. The third kappa shape index (κ3) is 15.1. The Hall–Kier alpha value is -1.10. The van der Waals surface area contributed by atoms with Crippen LogP contribution in [0, 0.1) is 5.92 Å². The zero-order valence-electron chi connectivity index (χ0n) is 13.5. The van der Waals surface area contributed by atoms with Crippen molar-refractivity contribution in [2.24, 2.45) is 5.92 Å². The Morgan fingerprint density at radius 1 is 0.810 bits per heavy atom. The largest absolute Gasteiger partial charge is 0.481 e. The first-order valence-corrected chi connectivity index (χ1v) is 8.02. The summed E-state index contributed by atoms with van der Waals surface area (Å²) >= 11 is 0. The van der Waals surface area contributed by atoms with Gasteiger partial charge in [0.2, 0.25) is 0 Å². The summed E-state index contributed by atoms with van der Waals surface area (Å²) in [5.74, 6) is -2.73. The van der Waals surface area contributed by atoms with Gasteiger partial charge < -0.3 is 16.4 Å². The minimum absolute atomic E-state index is 0. The van der Waals surface area contributed by atoms with Crippen LogP contribution in [-0.2, 0) is 9.59 Å². The highest BCUT2D eigenvalue weighted by Crippen LogP contribution is 2.16. The summed E-state index contributed by atoms with van der Waals surface area (Å²) in [5.41, 5.74) is 0. The van der Waals surface area contributed by atoms with Gasteiger partial charge >= 0.3 is 11.9 Å². The summed E-state index contributed by atoms with van der Waals surface area (Å²) in [7, 11) is 0. The molecule has 0 radical (unpaired) electrons. The standard InChI is InChI=1S/C16H30O4.H3N/c1-2-3-4-5-6-7-8-9-10-11-12-14(16(19)20)13-15(17)18;/h14H,2-13H2,1H3,(H,17,18)(H,19,20);1H3. The first-order valence-electron chi connectivity index (χ1n) is 8.02. The molecule has 0 saturated carbocycles. The van der Waals surface area contributed by atoms with Crippen molar-refractivity contribution >= 4 is 11.9 Å². The smallest absolute Gasteiger partial charge is 0.307 e. The van der Waals surface area contributed by atoms with Gasteiger partial charge in [-0.1, -0.05) is 71.1 Å². The Balaban J connectivity index is 0. The summed E-state index contributed by atoms with van der Waals surface area (Å²) in [6.07, 6.45) is 12.2. The monoisotopic (exact) mass is 303 g/mol.